The van der Waals surface area contributed by atoms with Gasteiger partial charge in [-0.25, -0.2) is 6.23 Å². The zero-order valence-corrected chi connectivity index (χ0v) is 10.0. The van der Waals surface area contributed by atoms with Crippen LogP contribution >= 0.6 is 45.7 Å². The molecule has 0 N–H and O–H groups in total. The summed E-state index contributed by atoms with van der Waals surface area (Å²) < 4.78 is 4.80. The summed E-state index contributed by atoms with van der Waals surface area (Å²) in [4.78, 5) is 0. The van der Waals surface area contributed by atoms with Crippen LogP contribution < -0.4 is 0 Å². The Morgan fingerprint density at radius 2 is 1.60 bits per heavy atom. The molecule has 0 bridgehead atoms. The predicted molar refractivity (Wildman–Crippen MR) is 58.2 cm³/mol. The highest BCUT2D eigenvalue weighted by Crippen LogP contribution is 2.41. The van der Waals surface area contributed by atoms with E-state index in [2.05, 4.69) is 52.0 Å². The van der Waals surface area contributed by atoms with Crippen molar-refractivity contribution in [2.75, 3.05) is 26.2 Å². The molecule has 0 amide bonds. The molecule has 2 aliphatic heterocycles. The lowest BCUT2D eigenvalue weighted by Gasteiger charge is -2.44. The van der Waals surface area contributed by atoms with Gasteiger partial charge in [0.2, 0.25) is 0 Å². The Balaban J connectivity index is 1.95. The van der Waals surface area contributed by atoms with Crippen LogP contribution in [0.15, 0.2) is 0 Å². The van der Waals surface area contributed by atoms with Crippen LogP contribution in [0.25, 0.3) is 0 Å². The minimum absolute atomic E-state index is 0.697. The van der Waals surface area contributed by atoms with Crippen LogP contribution in [-0.4, -0.2) is 32.4 Å². The molecule has 1 spiro atoms. The quantitative estimate of drug-likeness (QED) is 0.477. The molecule has 2 saturated heterocycles. The average Bonchev–Trinajstić information content (AvgIpc) is 2.10. The van der Waals surface area contributed by atoms with Crippen LogP contribution in [0.4, 0.5) is 0 Å². The van der Waals surface area contributed by atoms with Crippen molar-refractivity contribution in [3.05, 3.63) is 0 Å². The summed E-state index contributed by atoms with van der Waals surface area (Å²) in [6, 6.07) is 0. The van der Waals surface area contributed by atoms with Gasteiger partial charge in [-0.2, -0.15) is 0 Å². The summed E-state index contributed by atoms with van der Waals surface area (Å²) in [5, 5.41) is 0. The van der Waals surface area contributed by atoms with Crippen LogP contribution in [0.1, 0.15) is 6.42 Å². The van der Waals surface area contributed by atoms with Crippen LogP contribution in [0, 0.1) is 5.41 Å². The summed E-state index contributed by atoms with van der Waals surface area (Å²) in [6.45, 7) is 5.23. The van der Waals surface area contributed by atoms with E-state index in [1.165, 1.54) is 32.6 Å². The van der Waals surface area contributed by atoms with E-state index in [4.69, 9.17) is 0 Å². The number of nitrogens with zero attached hydrogens (tertiary/aromatic N) is 2. The Bertz CT molecular complexity index is 139. The molecular weight excluding hydrogens is 354 g/mol. The number of hydrogen-bond donors (Lipinski definition) is 0. The minimum atomic E-state index is 0.697. The number of halogens is 2. The summed E-state index contributed by atoms with van der Waals surface area (Å²) in [7, 11) is 0. The lowest BCUT2D eigenvalue weighted by atomic mass is 9.81. The normalized spacial score (nSPS) is 33.0. The van der Waals surface area contributed by atoms with E-state index >= 15 is 0 Å². The van der Waals surface area contributed by atoms with Crippen molar-refractivity contribution in [3.63, 3.8) is 0 Å². The van der Waals surface area contributed by atoms with Gasteiger partial charge in [-0.05, 0) is 6.42 Å². The summed E-state index contributed by atoms with van der Waals surface area (Å²) >= 11 is 4.85. The summed E-state index contributed by atoms with van der Waals surface area (Å²) in [5.74, 6) is 0. The molecule has 0 radical (unpaired) electrons. The van der Waals surface area contributed by atoms with Gasteiger partial charge in [0.1, 0.15) is 0 Å². The molecule has 0 saturated carbocycles. The molecular formula is C6H10I2N2. The fourth-order valence-electron chi connectivity index (χ4n) is 1.82. The van der Waals surface area contributed by atoms with Gasteiger partial charge in [-0.15, -0.1) is 0 Å². The fourth-order valence-corrected chi connectivity index (χ4v) is 4.23. The van der Waals surface area contributed by atoms with Crippen molar-refractivity contribution in [1.29, 1.82) is 0 Å². The van der Waals surface area contributed by atoms with Gasteiger partial charge < -0.3 is 0 Å². The first kappa shape index (κ1) is 8.00. The third-order valence-corrected chi connectivity index (χ3v) is 3.91. The van der Waals surface area contributed by atoms with Crippen molar-refractivity contribution < 1.29 is 0 Å². The first-order chi connectivity index (χ1) is 4.70. The first-order valence-electron chi connectivity index (χ1n) is 3.52. The average molecular weight is 364 g/mol. The van der Waals surface area contributed by atoms with E-state index in [0.717, 1.165) is 0 Å². The lowest BCUT2D eigenvalue weighted by Crippen LogP contribution is -2.52. The van der Waals surface area contributed by atoms with E-state index in [1.807, 2.05) is 0 Å². The number of rotatable bonds is 0. The predicted octanol–water partition coefficient (Wildman–Crippen LogP) is 1.69. The van der Waals surface area contributed by atoms with E-state index in [1.54, 1.807) is 0 Å². The Hall–Kier alpha value is 1.38. The van der Waals surface area contributed by atoms with Crippen molar-refractivity contribution in [2.45, 2.75) is 6.42 Å². The van der Waals surface area contributed by atoms with Crippen molar-refractivity contribution in [3.8, 4) is 0 Å². The third kappa shape index (κ3) is 1.32. The van der Waals surface area contributed by atoms with Gasteiger partial charge in [-0.1, -0.05) is 0 Å². The summed E-state index contributed by atoms with van der Waals surface area (Å²) in [5.41, 5.74) is 0.697. The highest BCUT2D eigenvalue weighted by atomic mass is 127. The molecule has 0 aromatic heterocycles. The fraction of sp³-hybridized carbons (Fsp3) is 1.00. The Kier molecular flexibility index (Phi) is 2.16. The molecule has 2 aliphatic rings. The first-order valence-corrected chi connectivity index (χ1v) is 5.45. The molecule has 2 heterocycles. The molecule has 0 aromatic carbocycles. The van der Waals surface area contributed by atoms with Gasteiger partial charge >= 0.3 is 0 Å². The van der Waals surface area contributed by atoms with Crippen molar-refractivity contribution in [1.82, 2.24) is 6.23 Å². The smallest absolute Gasteiger partial charge is 0.0202 e. The Labute approximate surface area is 89.3 Å². The van der Waals surface area contributed by atoms with Crippen LogP contribution in [0.3, 0.4) is 0 Å². The zero-order chi connectivity index (χ0) is 7.19. The van der Waals surface area contributed by atoms with Crippen molar-refractivity contribution >= 4 is 45.7 Å². The van der Waals surface area contributed by atoms with Crippen molar-refractivity contribution in [2.24, 2.45) is 5.41 Å². The van der Waals surface area contributed by atoms with Gasteiger partial charge in [0.15, 0.2) is 0 Å². The number of hydrogen-bond acceptors (Lipinski definition) is 2. The molecule has 2 rings (SSSR count). The molecule has 0 unspecified atom stereocenters. The third-order valence-electron chi connectivity index (χ3n) is 2.41. The van der Waals surface area contributed by atoms with Gasteiger partial charge in [0, 0.05) is 77.3 Å². The second-order valence-corrected chi connectivity index (χ2v) is 6.10. The topological polar surface area (TPSA) is 6.48 Å². The van der Waals surface area contributed by atoms with E-state index in [0.29, 0.717) is 5.41 Å². The molecule has 4 heteroatoms. The maximum absolute atomic E-state index is 2.43. The maximum Gasteiger partial charge on any atom is 0.0202 e. The molecule has 2 fully saturated rings. The Morgan fingerprint density at radius 1 is 1.00 bits per heavy atom. The van der Waals surface area contributed by atoms with Gasteiger partial charge in [-0.3, -0.25) is 0 Å². The standard InChI is InChI=1S/C6H10I2N2/c7-9-2-1-6(3-9)4-10(8)5-6/h1-5H2. The summed E-state index contributed by atoms with van der Waals surface area (Å²) in [6.07, 6.45) is 1.41. The molecule has 2 nitrogen and oxygen atoms in total. The van der Waals surface area contributed by atoms with E-state index < -0.39 is 0 Å². The second kappa shape index (κ2) is 2.70. The molecule has 58 valence electrons. The van der Waals surface area contributed by atoms with Crippen LogP contribution in [0.2, 0.25) is 0 Å². The largest absolute Gasteiger partial charge is 0.247 e. The molecule has 0 aromatic rings. The highest BCUT2D eigenvalue weighted by Gasteiger charge is 2.46. The monoisotopic (exact) mass is 364 g/mol. The van der Waals surface area contributed by atoms with Crippen LogP contribution in [0.5, 0.6) is 0 Å². The van der Waals surface area contributed by atoms with Crippen LogP contribution in [-0.2, 0) is 0 Å². The second-order valence-electron chi connectivity index (χ2n) is 3.37. The molecule has 10 heavy (non-hydrogen) atoms. The molecule has 0 atom stereocenters. The Morgan fingerprint density at radius 3 is 2.00 bits per heavy atom. The van der Waals surface area contributed by atoms with Gasteiger partial charge in [0.05, 0.1) is 0 Å². The van der Waals surface area contributed by atoms with E-state index in [9.17, 15) is 0 Å². The maximum atomic E-state index is 2.43. The van der Waals surface area contributed by atoms with E-state index in [-0.39, 0.29) is 0 Å². The van der Waals surface area contributed by atoms with Gasteiger partial charge in [0.25, 0.3) is 0 Å². The molecule has 0 aliphatic carbocycles. The highest BCUT2D eigenvalue weighted by molar-refractivity contribution is 14.1. The minimum Gasteiger partial charge on any atom is -0.247 e. The SMILES string of the molecule is IN1CCC2(C1)CN(I)C2. The zero-order valence-electron chi connectivity index (χ0n) is 5.69. The lowest BCUT2D eigenvalue weighted by molar-refractivity contribution is 0.115.